The smallest absolute Gasteiger partial charge is 0.236 e. The van der Waals surface area contributed by atoms with E-state index in [4.69, 9.17) is 22.7 Å². The average molecular weight is 270 g/mol. The van der Waals surface area contributed by atoms with Gasteiger partial charge in [0.1, 0.15) is 0 Å². The van der Waals surface area contributed by atoms with Gasteiger partial charge >= 0.3 is 0 Å². The maximum atomic E-state index is 12.8. The van der Waals surface area contributed by atoms with Crippen LogP contribution in [-0.4, -0.2) is 41.6 Å². The molecule has 1 aliphatic carbocycles. The van der Waals surface area contributed by atoms with Crippen molar-refractivity contribution < 1.29 is 9.53 Å². The van der Waals surface area contributed by atoms with Crippen LogP contribution in [0.1, 0.15) is 39.0 Å². The number of nitrogens with two attached hydrogens (primary N) is 1. The lowest BCUT2D eigenvalue weighted by molar-refractivity contribution is -0.147. The summed E-state index contributed by atoms with van der Waals surface area (Å²) >= 11 is 5.19. The Hall–Kier alpha value is -0.680. The summed E-state index contributed by atoms with van der Waals surface area (Å²) in [5.74, 6) is 0.141. The Bertz CT molecular complexity index is 340. The van der Waals surface area contributed by atoms with Crippen LogP contribution in [-0.2, 0) is 9.53 Å². The molecule has 1 saturated carbocycles. The second-order valence-electron chi connectivity index (χ2n) is 5.29. The Morgan fingerprint density at radius 1 is 1.50 bits per heavy atom. The predicted octanol–water partition coefficient (Wildman–Crippen LogP) is 1.47. The van der Waals surface area contributed by atoms with Crippen molar-refractivity contribution in [3.8, 4) is 0 Å². The predicted molar refractivity (Wildman–Crippen MR) is 74.3 cm³/mol. The molecule has 1 atom stereocenters. The van der Waals surface area contributed by atoms with Crippen LogP contribution in [0.3, 0.4) is 0 Å². The molecule has 2 N–H and O–H groups in total. The highest BCUT2D eigenvalue weighted by atomic mass is 32.1. The van der Waals surface area contributed by atoms with Crippen LogP contribution in [0.15, 0.2) is 0 Å². The standard InChI is InChI=1S/C13H22N2O2S/c1-2-10-9-17-8-7-15(10)12(16)13(11(14)18)5-3-4-6-13/h10H,2-9H2,1H3,(H2,14,18). The fraction of sp³-hybridized carbons (Fsp3) is 0.846. The Balaban J connectivity index is 2.20. The zero-order valence-corrected chi connectivity index (χ0v) is 11.8. The van der Waals surface area contributed by atoms with Crippen molar-refractivity contribution >= 4 is 23.1 Å². The molecule has 0 aromatic rings. The third kappa shape index (κ3) is 2.26. The van der Waals surface area contributed by atoms with Crippen molar-refractivity contribution in [2.24, 2.45) is 11.1 Å². The van der Waals surface area contributed by atoms with Crippen molar-refractivity contribution in [2.45, 2.75) is 45.1 Å². The molecule has 4 nitrogen and oxygen atoms in total. The minimum atomic E-state index is -0.569. The van der Waals surface area contributed by atoms with Crippen LogP contribution in [0.25, 0.3) is 0 Å². The molecular formula is C13H22N2O2S. The van der Waals surface area contributed by atoms with Gasteiger partial charge in [0.25, 0.3) is 0 Å². The topological polar surface area (TPSA) is 55.6 Å². The molecular weight excluding hydrogens is 248 g/mol. The maximum Gasteiger partial charge on any atom is 0.236 e. The average Bonchev–Trinajstić information content (AvgIpc) is 2.88. The number of ether oxygens (including phenoxy) is 1. The zero-order valence-electron chi connectivity index (χ0n) is 11.0. The van der Waals surface area contributed by atoms with Gasteiger partial charge in [-0.1, -0.05) is 32.0 Å². The van der Waals surface area contributed by atoms with Gasteiger partial charge in [-0.2, -0.15) is 0 Å². The van der Waals surface area contributed by atoms with Crippen LogP contribution >= 0.6 is 12.2 Å². The van der Waals surface area contributed by atoms with Crippen molar-refractivity contribution in [2.75, 3.05) is 19.8 Å². The van der Waals surface area contributed by atoms with E-state index in [0.717, 1.165) is 32.1 Å². The molecule has 0 radical (unpaired) electrons. The van der Waals surface area contributed by atoms with E-state index in [1.54, 1.807) is 0 Å². The van der Waals surface area contributed by atoms with Crippen molar-refractivity contribution in [3.05, 3.63) is 0 Å². The van der Waals surface area contributed by atoms with Gasteiger partial charge in [0, 0.05) is 6.54 Å². The number of hydrogen-bond acceptors (Lipinski definition) is 3. The lowest BCUT2D eigenvalue weighted by atomic mass is 9.83. The third-order valence-corrected chi connectivity index (χ3v) is 4.69. The van der Waals surface area contributed by atoms with E-state index in [9.17, 15) is 4.79 Å². The summed E-state index contributed by atoms with van der Waals surface area (Å²) in [6.45, 7) is 4.01. The molecule has 5 heteroatoms. The molecule has 1 aliphatic heterocycles. The van der Waals surface area contributed by atoms with Gasteiger partial charge in [-0.3, -0.25) is 4.79 Å². The first-order valence-electron chi connectivity index (χ1n) is 6.80. The Morgan fingerprint density at radius 3 is 2.72 bits per heavy atom. The van der Waals surface area contributed by atoms with E-state index < -0.39 is 5.41 Å². The molecule has 1 saturated heterocycles. The lowest BCUT2D eigenvalue weighted by Gasteiger charge is -2.40. The van der Waals surface area contributed by atoms with Gasteiger partial charge in [-0.25, -0.2) is 0 Å². The van der Waals surface area contributed by atoms with E-state index >= 15 is 0 Å². The molecule has 102 valence electrons. The third-order valence-electron chi connectivity index (χ3n) is 4.30. The summed E-state index contributed by atoms with van der Waals surface area (Å²) < 4.78 is 5.45. The number of carbonyl (C=O) groups excluding carboxylic acids is 1. The summed E-state index contributed by atoms with van der Waals surface area (Å²) in [4.78, 5) is 15.2. The number of carbonyl (C=O) groups is 1. The minimum Gasteiger partial charge on any atom is -0.392 e. The molecule has 0 spiro atoms. The maximum absolute atomic E-state index is 12.8. The summed E-state index contributed by atoms with van der Waals surface area (Å²) in [5, 5.41) is 0. The second kappa shape index (κ2) is 5.53. The number of rotatable bonds is 3. The van der Waals surface area contributed by atoms with Crippen molar-refractivity contribution in [1.29, 1.82) is 0 Å². The van der Waals surface area contributed by atoms with Crippen molar-refractivity contribution in [3.63, 3.8) is 0 Å². The SMILES string of the molecule is CCC1COCCN1C(=O)C1(C(N)=S)CCCC1. The Labute approximate surface area is 114 Å². The van der Waals surface area contributed by atoms with Crippen LogP contribution in [0, 0.1) is 5.41 Å². The molecule has 1 unspecified atom stereocenters. The quantitative estimate of drug-likeness (QED) is 0.789. The van der Waals surface area contributed by atoms with E-state index in [0.29, 0.717) is 24.7 Å². The van der Waals surface area contributed by atoms with E-state index in [1.165, 1.54) is 0 Å². The number of thiocarbonyl (C=S) groups is 1. The summed E-state index contributed by atoms with van der Waals surface area (Å²) in [6.07, 6.45) is 4.64. The normalized spacial score (nSPS) is 27.2. The molecule has 0 bridgehead atoms. The van der Waals surface area contributed by atoms with Gasteiger partial charge in [-0.15, -0.1) is 0 Å². The minimum absolute atomic E-state index is 0.141. The fourth-order valence-corrected chi connectivity index (χ4v) is 3.37. The largest absolute Gasteiger partial charge is 0.392 e. The molecule has 1 amide bonds. The van der Waals surface area contributed by atoms with Crippen LogP contribution < -0.4 is 5.73 Å². The number of amides is 1. The fourth-order valence-electron chi connectivity index (χ4n) is 3.08. The molecule has 2 rings (SSSR count). The van der Waals surface area contributed by atoms with Gasteiger partial charge < -0.3 is 15.4 Å². The number of hydrogen-bond donors (Lipinski definition) is 1. The van der Waals surface area contributed by atoms with E-state index in [2.05, 4.69) is 6.92 Å². The highest BCUT2D eigenvalue weighted by Gasteiger charge is 2.47. The Kier molecular flexibility index (Phi) is 4.22. The molecule has 2 fully saturated rings. The second-order valence-corrected chi connectivity index (χ2v) is 5.73. The van der Waals surface area contributed by atoms with Crippen molar-refractivity contribution in [1.82, 2.24) is 4.90 Å². The van der Waals surface area contributed by atoms with Gasteiger partial charge in [0.15, 0.2) is 0 Å². The van der Waals surface area contributed by atoms with Crippen LogP contribution in [0.2, 0.25) is 0 Å². The van der Waals surface area contributed by atoms with E-state index in [-0.39, 0.29) is 11.9 Å². The highest BCUT2D eigenvalue weighted by molar-refractivity contribution is 7.80. The molecule has 0 aromatic heterocycles. The molecule has 18 heavy (non-hydrogen) atoms. The monoisotopic (exact) mass is 270 g/mol. The van der Waals surface area contributed by atoms with Crippen LogP contribution in [0.5, 0.6) is 0 Å². The summed E-state index contributed by atoms with van der Waals surface area (Å²) in [6, 6.07) is 0.179. The van der Waals surface area contributed by atoms with Gasteiger partial charge in [0.2, 0.25) is 5.91 Å². The highest BCUT2D eigenvalue weighted by Crippen LogP contribution is 2.40. The Morgan fingerprint density at radius 2 is 2.17 bits per heavy atom. The first-order valence-corrected chi connectivity index (χ1v) is 7.21. The first-order chi connectivity index (χ1) is 8.62. The zero-order chi connectivity index (χ0) is 13.2. The molecule has 1 heterocycles. The lowest BCUT2D eigenvalue weighted by Crippen LogP contribution is -2.56. The summed E-state index contributed by atoms with van der Waals surface area (Å²) in [5.41, 5.74) is 5.31. The van der Waals surface area contributed by atoms with Gasteiger partial charge in [-0.05, 0) is 19.3 Å². The van der Waals surface area contributed by atoms with Gasteiger partial charge in [0.05, 0.1) is 29.7 Å². The van der Waals surface area contributed by atoms with Crippen LogP contribution in [0.4, 0.5) is 0 Å². The number of nitrogens with zero attached hydrogens (tertiary/aromatic N) is 1. The molecule has 0 aromatic carbocycles. The molecule has 2 aliphatic rings. The number of morpholine rings is 1. The summed E-state index contributed by atoms with van der Waals surface area (Å²) in [7, 11) is 0. The first kappa shape index (κ1) is 13.7. The van der Waals surface area contributed by atoms with E-state index in [1.807, 2.05) is 4.90 Å².